The van der Waals surface area contributed by atoms with E-state index >= 15 is 0 Å². The number of aryl methyl sites for hydroxylation is 1. The van der Waals surface area contributed by atoms with E-state index in [0.29, 0.717) is 6.42 Å². The fourth-order valence-corrected chi connectivity index (χ4v) is 5.80. The Labute approximate surface area is 137 Å². The molecule has 6 heteroatoms. The van der Waals surface area contributed by atoms with Gasteiger partial charge in [0.1, 0.15) is 6.04 Å². The minimum absolute atomic E-state index is 0.0841. The summed E-state index contributed by atoms with van der Waals surface area (Å²) in [5, 5.41) is 0. The smallest absolute Gasteiger partial charge is 0.324 e. The third kappa shape index (κ3) is 2.90. The molecular formula is C17H23NO4S. The van der Waals surface area contributed by atoms with Crippen molar-refractivity contribution in [3.63, 3.8) is 0 Å². The number of nitrogens with zero attached hydrogens (tertiary/aromatic N) is 1. The monoisotopic (exact) mass is 337 g/mol. The van der Waals surface area contributed by atoms with Gasteiger partial charge in [-0.2, -0.15) is 4.31 Å². The van der Waals surface area contributed by atoms with Gasteiger partial charge >= 0.3 is 5.97 Å². The lowest BCUT2D eigenvalue weighted by Gasteiger charge is -2.32. The first-order chi connectivity index (χ1) is 10.9. The number of hydrogen-bond donors (Lipinski definition) is 0. The third-order valence-corrected chi connectivity index (χ3v) is 7.05. The van der Waals surface area contributed by atoms with Crippen molar-refractivity contribution in [2.24, 2.45) is 5.92 Å². The maximum absolute atomic E-state index is 13.1. The van der Waals surface area contributed by atoms with Crippen LogP contribution in [-0.2, 0) is 19.6 Å². The van der Waals surface area contributed by atoms with Gasteiger partial charge in [-0.1, -0.05) is 30.5 Å². The largest absolute Gasteiger partial charge is 0.468 e. The van der Waals surface area contributed by atoms with Crippen LogP contribution in [0.1, 0.15) is 37.7 Å². The summed E-state index contributed by atoms with van der Waals surface area (Å²) in [4.78, 5) is 12.4. The Balaban J connectivity index is 2.01. The number of rotatable bonds is 3. The number of sulfonamides is 1. The number of hydrogen-bond acceptors (Lipinski definition) is 4. The van der Waals surface area contributed by atoms with E-state index in [1.807, 2.05) is 6.92 Å². The zero-order chi connectivity index (χ0) is 16.6. The molecule has 1 saturated carbocycles. The zero-order valence-corrected chi connectivity index (χ0v) is 14.4. The lowest BCUT2D eigenvalue weighted by molar-refractivity contribution is -0.144. The normalized spacial score (nSPS) is 28.3. The van der Waals surface area contributed by atoms with Crippen LogP contribution in [0.4, 0.5) is 0 Å². The van der Waals surface area contributed by atoms with Crippen LogP contribution in [0.2, 0.25) is 0 Å². The van der Waals surface area contributed by atoms with Crippen molar-refractivity contribution in [2.45, 2.75) is 56.0 Å². The van der Waals surface area contributed by atoms with Crippen LogP contribution < -0.4 is 0 Å². The Hall–Kier alpha value is -1.40. The first-order valence-corrected chi connectivity index (χ1v) is 9.57. The van der Waals surface area contributed by atoms with Crippen LogP contribution in [0.5, 0.6) is 0 Å². The van der Waals surface area contributed by atoms with Gasteiger partial charge in [-0.15, -0.1) is 0 Å². The van der Waals surface area contributed by atoms with Crippen molar-refractivity contribution in [1.82, 2.24) is 4.31 Å². The number of carbonyl (C=O) groups is 1. The number of benzene rings is 1. The third-order valence-electron chi connectivity index (χ3n) is 5.10. The highest BCUT2D eigenvalue weighted by Gasteiger charge is 2.51. The van der Waals surface area contributed by atoms with Gasteiger partial charge in [0, 0.05) is 6.04 Å². The standard InChI is InChI=1S/C17H23NO4S/c1-12-7-9-14(10-8-12)23(20,21)18-15-6-4-3-5-13(15)11-16(18)17(19)22-2/h7-10,13,15-16H,3-6,11H2,1-2H3. The topological polar surface area (TPSA) is 63.7 Å². The summed E-state index contributed by atoms with van der Waals surface area (Å²) in [7, 11) is -2.38. The van der Waals surface area contributed by atoms with Gasteiger partial charge in [-0.3, -0.25) is 4.79 Å². The second-order valence-electron chi connectivity index (χ2n) is 6.53. The van der Waals surface area contributed by atoms with Crippen LogP contribution in [0.15, 0.2) is 29.2 Å². The Kier molecular flexibility index (Phi) is 4.47. The molecule has 0 radical (unpaired) electrons. The molecule has 1 saturated heterocycles. The molecule has 0 amide bonds. The molecule has 3 atom stereocenters. The predicted molar refractivity (Wildman–Crippen MR) is 86.4 cm³/mol. The average Bonchev–Trinajstić information content (AvgIpc) is 2.94. The molecule has 1 aliphatic heterocycles. The molecule has 3 rings (SSSR count). The summed E-state index contributed by atoms with van der Waals surface area (Å²) in [6, 6.07) is 6.03. The van der Waals surface area contributed by atoms with E-state index in [9.17, 15) is 13.2 Å². The first kappa shape index (κ1) is 16.5. The van der Waals surface area contributed by atoms with Crippen LogP contribution >= 0.6 is 0 Å². The summed E-state index contributed by atoms with van der Waals surface area (Å²) in [5.41, 5.74) is 1.01. The molecule has 2 aliphatic rings. The van der Waals surface area contributed by atoms with E-state index in [4.69, 9.17) is 4.74 Å². The quantitative estimate of drug-likeness (QED) is 0.795. The van der Waals surface area contributed by atoms with Crippen molar-refractivity contribution >= 4 is 16.0 Å². The molecule has 1 aromatic carbocycles. The van der Waals surface area contributed by atoms with Crippen molar-refractivity contribution < 1.29 is 17.9 Å². The molecule has 0 bridgehead atoms. The summed E-state index contributed by atoms with van der Waals surface area (Å²) in [5.74, 6) is -0.192. The second kappa shape index (κ2) is 6.24. The fraction of sp³-hybridized carbons (Fsp3) is 0.588. The van der Waals surface area contributed by atoms with Crippen LogP contribution in [0.3, 0.4) is 0 Å². The lowest BCUT2D eigenvalue weighted by Crippen LogP contribution is -2.46. The summed E-state index contributed by atoms with van der Waals surface area (Å²) < 4.78 is 32.6. The summed E-state index contributed by atoms with van der Waals surface area (Å²) in [6.07, 6.45) is 4.49. The highest BCUT2D eigenvalue weighted by Crippen LogP contribution is 2.43. The second-order valence-corrected chi connectivity index (χ2v) is 8.38. The van der Waals surface area contributed by atoms with E-state index in [0.717, 1.165) is 31.2 Å². The van der Waals surface area contributed by atoms with E-state index in [2.05, 4.69) is 0 Å². The molecule has 1 heterocycles. The van der Waals surface area contributed by atoms with Crippen molar-refractivity contribution in [3.05, 3.63) is 29.8 Å². The Morgan fingerprint density at radius 1 is 1.17 bits per heavy atom. The van der Waals surface area contributed by atoms with Gasteiger partial charge in [-0.05, 0) is 44.2 Å². The molecule has 2 fully saturated rings. The maximum atomic E-state index is 13.1. The molecule has 126 valence electrons. The van der Waals surface area contributed by atoms with Crippen LogP contribution in [0, 0.1) is 12.8 Å². The van der Waals surface area contributed by atoms with E-state index < -0.39 is 22.0 Å². The van der Waals surface area contributed by atoms with Crippen LogP contribution in [-0.4, -0.2) is 37.9 Å². The average molecular weight is 337 g/mol. The molecule has 0 aromatic heterocycles. The van der Waals surface area contributed by atoms with Gasteiger partial charge in [0.2, 0.25) is 10.0 Å². The minimum Gasteiger partial charge on any atom is -0.468 e. The number of ether oxygens (including phenoxy) is 1. The lowest BCUT2D eigenvalue weighted by atomic mass is 9.85. The highest BCUT2D eigenvalue weighted by atomic mass is 32.2. The van der Waals surface area contributed by atoms with Gasteiger partial charge in [0.05, 0.1) is 12.0 Å². The predicted octanol–water partition coefficient (Wildman–Crippen LogP) is 2.49. The SMILES string of the molecule is COC(=O)C1CC2CCCCC2N1S(=O)(=O)c1ccc(C)cc1. The Morgan fingerprint density at radius 2 is 1.83 bits per heavy atom. The molecule has 3 unspecified atom stereocenters. The number of esters is 1. The van der Waals surface area contributed by atoms with Gasteiger partial charge in [0.25, 0.3) is 0 Å². The molecule has 0 spiro atoms. The molecule has 23 heavy (non-hydrogen) atoms. The molecule has 0 N–H and O–H groups in total. The Morgan fingerprint density at radius 3 is 2.48 bits per heavy atom. The van der Waals surface area contributed by atoms with Gasteiger partial charge in [0.15, 0.2) is 0 Å². The summed E-state index contributed by atoms with van der Waals surface area (Å²) in [6.45, 7) is 1.92. The zero-order valence-electron chi connectivity index (χ0n) is 13.6. The molecule has 1 aromatic rings. The van der Waals surface area contributed by atoms with Crippen molar-refractivity contribution in [3.8, 4) is 0 Å². The van der Waals surface area contributed by atoms with Crippen molar-refractivity contribution in [2.75, 3.05) is 7.11 Å². The molecule has 1 aliphatic carbocycles. The van der Waals surface area contributed by atoms with Crippen LogP contribution in [0.25, 0.3) is 0 Å². The van der Waals surface area contributed by atoms with Crippen molar-refractivity contribution in [1.29, 1.82) is 0 Å². The summed E-state index contributed by atoms with van der Waals surface area (Å²) >= 11 is 0. The number of methoxy groups -OCH3 is 1. The first-order valence-electron chi connectivity index (χ1n) is 8.13. The van der Waals surface area contributed by atoms with Gasteiger partial charge < -0.3 is 4.74 Å². The van der Waals surface area contributed by atoms with E-state index in [1.165, 1.54) is 11.4 Å². The minimum atomic E-state index is -3.70. The maximum Gasteiger partial charge on any atom is 0.324 e. The Bertz CT molecular complexity index is 683. The van der Waals surface area contributed by atoms with E-state index in [1.54, 1.807) is 24.3 Å². The number of fused-ring (bicyclic) bond motifs is 1. The van der Waals surface area contributed by atoms with Gasteiger partial charge in [-0.25, -0.2) is 8.42 Å². The fourth-order valence-electron chi connectivity index (χ4n) is 3.93. The van der Waals surface area contributed by atoms with E-state index in [-0.39, 0.29) is 16.9 Å². The highest BCUT2D eigenvalue weighted by molar-refractivity contribution is 7.89. The number of carbonyl (C=O) groups excluding carboxylic acids is 1. The molecule has 5 nitrogen and oxygen atoms in total. The molecular weight excluding hydrogens is 314 g/mol.